The second kappa shape index (κ2) is 10.5. The molecule has 0 bridgehead atoms. The van der Waals surface area contributed by atoms with Gasteiger partial charge >= 0.3 is 0 Å². The van der Waals surface area contributed by atoms with Crippen LogP contribution in [0.25, 0.3) is 0 Å². The van der Waals surface area contributed by atoms with Crippen LogP contribution >= 0.6 is 11.8 Å². The van der Waals surface area contributed by atoms with Gasteiger partial charge in [0.05, 0.1) is 11.9 Å². The van der Waals surface area contributed by atoms with Crippen molar-refractivity contribution in [3.8, 4) is 0 Å². The Hall–Kier alpha value is -2.06. The number of fused-ring (bicyclic) bond motifs is 1. The highest BCUT2D eigenvalue weighted by Gasteiger charge is 2.24. The summed E-state index contributed by atoms with van der Waals surface area (Å²) in [6, 6.07) is 8.42. The van der Waals surface area contributed by atoms with Gasteiger partial charge < -0.3 is 19.1 Å². The predicted molar refractivity (Wildman–Crippen MR) is 123 cm³/mol. The summed E-state index contributed by atoms with van der Waals surface area (Å²) < 4.78 is 8.03. The van der Waals surface area contributed by atoms with E-state index in [1.807, 2.05) is 19.0 Å². The van der Waals surface area contributed by atoms with Gasteiger partial charge in [-0.2, -0.15) is 0 Å². The lowest BCUT2D eigenvalue weighted by molar-refractivity contribution is -0.130. The Kier molecular flexibility index (Phi) is 7.50. The molecule has 3 heterocycles. The van der Waals surface area contributed by atoms with Crippen molar-refractivity contribution in [3.05, 3.63) is 35.7 Å². The van der Waals surface area contributed by atoms with Crippen molar-refractivity contribution >= 4 is 23.4 Å². The first-order valence-electron chi connectivity index (χ1n) is 11.3. The van der Waals surface area contributed by atoms with Gasteiger partial charge in [-0.25, -0.2) is 0 Å². The summed E-state index contributed by atoms with van der Waals surface area (Å²) in [6.07, 6.45) is 6.77. The molecule has 31 heavy (non-hydrogen) atoms. The van der Waals surface area contributed by atoms with Crippen LogP contribution in [0.2, 0.25) is 0 Å². The van der Waals surface area contributed by atoms with E-state index >= 15 is 0 Å². The lowest BCUT2D eigenvalue weighted by Gasteiger charge is -2.26. The van der Waals surface area contributed by atoms with Gasteiger partial charge in [0.15, 0.2) is 5.16 Å². The van der Waals surface area contributed by atoms with Crippen LogP contribution in [0.15, 0.2) is 29.4 Å². The van der Waals surface area contributed by atoms with Gasteiger partial charge in [0.2, 0.25) is 5.91 Å². The van der Waals surface area contributed by atoms with Crippen LogP contribution in [0.4, 0.5) is 5.69 Å². The highest BCUT2D eigenvalue weighted by atomic mass is 32.2. The van der Waals surface area contributed by atoms with Crippen molar-refractivity contribution in [2.45, 2.75) is 62.9 Å². The van der Waals surface area contributed by atoms with Gasteiger partial charge in [-0.05, 0) is 43.4 Å². The number of anilines is 1. The van der Waals surface area contributed by atoms with Crippen LogP contribution in [-0.2, 0) is 29.0 Å². The van der Waals surface area contributed by atoms with E-state index in [9.17, 15) is 4.79 Å². The van der Waals surface area contributed by atoms with Crippen molar-refractivity contribution in [2.75, 3.05) is 37.9 Å². The minimum Gasteiger partial charge on any atom is -0.378 e. The first-order chi connectivity index (χ1) is 15.1. The number of ether oxygens (including phenoxy) is 1. The van der Waals surface area contributed by atoms with Crippen LogP contribution in [0.3, 0.4) is 0 Å². The maximum absolute atomic E-state index is 13.2. The van der Waals surface area contributed by atoms with E-state index in [-0.39, 0.29) is 12.0 Å². The van der Waals surface area contributed by atoms with E-state index in [4.69, 9.17) is 4.74 Å². The van der Waals surface area contributed by atoms with Crippen LogP contribution in [0.5, 0.6) is 0 Å². The Morgan fingerprint density at radius 2 is 2.00 bits per heavy atom. The molecular formula is C23H33N5O2S. The zero-order chi connectivity index (χ0) is 21.6. The maximum Gasteiger partial charge on any atom is 0.233 e. The molecule has 2 aliphatic heterocycles. The van der Waals surface area contributed by atoms with Crippen molar-refractivity contribution < 1.29 is 9.53 Å². The van der Waals surface area contributed by atoms with E-state index in [2.05, 4.69) is 43.9 Å². The van der Waals surface area contributed by atoms with Crippen LogP contribution in [-0.4, -0.2) is 64.7 Å². The summed E-state index contributed by atoms with van der Waals surface area (Å²) in [4.78, 5) is 17.3. The van der Waals surface area contributed by atoms with Gasteiger partial charge in [-0.1, -0.05) is 30.3 Å². The number of rotatable bonds is 8. The SMILES string of the molecule is CN(C)c1ccc(CN(CC2CCCO2)C(=O)CSc2nnc3n2CCCCC3)cc1. The monoisotopic (exact) mass is 443 g/mol. The molecule has 0 aliphatic carbocycles. The van der Waals surface area contributed by atoms with Gasteiger partial charge in [-0.15, -0.1) is 10.2 Å². The molecule has 168 valence electrons. The number of nitrogens with zero attached hydrogens (tertiary/aromatic N) is 5. The smallest absolute Gasteiger partial charge is 0.233 e. The second-order valence-electron chi connectivity index (χ2n) is 8.62. The zero-order valence-electron chi connectivity index (χ0n) is 18.6. The van der Waals surface area contributed by atoms with Gasteiger partial charge in [0.1, 0.15) is 5.82 Å². The van der Waals surface area contributed by atoms with E-state index < -0.39 is 0 Å². The second-order valence-corrected chi connectivity index (χ2v) is 9.56. The summed E-state index contributed by atoms with van der Waals surface area (Å²) >= 11 is 1.51. The maximum atomic E-state index is 13.2. The highest BCUT2D eigenvalue weighted by molar-refractivity contribution is 7.99. The molecule has 1 saturated heterocycles. The largest absolute Gasteiger partial charge is 0.378 e. The minimum atomic E-state index is 0.128. The Morgan fingerprint density at radius 3 is 2.74 bits per heavy atom. The zero-order valence-corrected chi connectivity index (χ0v) is 19.4. The fraction of sp³-hybridized carbons (Fsp3) is 0.609. The van der Waals surface area contributed by atoms with E-state index in [0.717, 1.165) is 61.1 Å². The number of carbonyl (C=O) groups excluding carboxylic acids is 1. The highest BCUT2D eigenvalue weighted by Crippen LogP contribution is 2.23. The predicted octanol–water partition coefficient (Wildman–Crippen LogP) is 3.37. The lowest BCUT2D eigenvalue weighted by atomic mass is 10.1. The molecule has 0 spiro atoms. The number of benzene rings is 1. The number of hydrogen-bond acceptors (Lipinski definition) is 6. The number of thioether (sulfide) groups is 1. The summed E-state index contributed by atoms with van der Waals surface area (Å²) in [5.41, 5.74) is 2.29. The molecule has 1 amide bonds. The van der Waals surface area contributed by atoms with Gasteiger partial charge in [0, 0.05) is 52.4 Å². The quantitative estimate of drug-likeness (QED) is 0.583. The van der Waals surface area contributed by atoms with Crippen molar-refractivity contribution in [2.24, 2.45) is 0 Å². The molecule has 8 heteroatoms. The molecule has 1 atom stereocenters. The summed E-state index contributed by atoms with van der Waals surface area (Å²) in [6.45, 7) is 3.00. The fourth-order valence-electron chi connectivity index (χ4n) is 4.19. The Balaban J connectivity index is 1.41. The average Bonchev–Trinajstić information content (AvgIpc) is 3.36. The van der Waals surface area contributed by atoms with E-state index in [1.54, 1.807) is 0 Å². The molecule has 2 aliphatic rings. The topological polar surface area (TPSA) is 63.5 Å². The van der Waals surface area contributed by atoms with Crippen molar-refractivity contribution in [3.63, 3.8) is 0 Å². The molecule has 4 rings (SSSR count). The van der Waals surface area contributed by atoms with Crippen LogP contribution < -0.4 is 4.90 Å². The Labute approximate surface area is 189 Å². The molecule has 7 nitrogen and oxygen atoms in total. The molecule has 0 saturated carbocycles. The number of amides is 1. The lowest BCUT2D eigenvalue weighted by Crippen LogP contribution is -2.38. The third-order valence-electron chi connectivity index (χ3n) is 6.03. The molecule has 2 aromatic rings. The van der Waals surface area contributed by atoms with Crippen LogP contribution in [0.1, 0.15) is 43.5 Å². The molecule has 1 aromatic carbocycles. The van der Waals surface area contributed by atoms with Crippen molar-refractivity contribution in [1.82, 2.24) is 19.7 Å². The van der Waals surface area contributed by atoms with Crippen LogP contribution in [0, 0.1) is 0 Å². The molecule has 0 N–H and O–H groups in total. The Morgan fingerprint density at radius 1 is 1.16 bits per heavy atom. The number of hydrogen-bond donors (Lipinski definition) is 0. The van der Waals surface area contributed by atoms with Gasteiger partial charge in [-0.3, -0.25) is 4.79 Å². The normalized spacial score (nSPS) is 18.5. The number of aromatic nitrogens is 3. The summed E-state index contributed by atoms with van der Waals surface area (Å²) in [5.74, 6) is 1.56. The molecule has 1 unspecified atom stereocenters. The number of aryl methyl sites for hydroxylation is 1. The standard InChI is InChI=1S/C23H33N5O2S/c1-26(2)19-11-9-18(10-12-19)15-27(16-20-7-6-14-30-20)22(29)17-31-23-25-24-21-8-4-3-5-13-28(21)23/h9-12,20H,3-8,13-17H2,1-2H3. The minimum absolute atomic E-state index is 0.128. The third-order valence-corrected chi connectivity index (χ3v) is 6.98. The summed E-state index contributed by atoms with van der Waals surface area (Å²) in [7, 11) is 4.06. The van der Waals surface area contributed by atoms with Gasteiger partial charge in [0.25, 0.3) is 0 Å². The summed E-state index contributed by atoms with van der Waals surface area (Å²) in [5, 5.41) is 9.59. The number of carbonyl (C=O) groups is 1. The van der Waals surface area contributed by atoms with Crippen molar-refractivity contribution in [1.29, 1.82) is 0 Å². The Bertz CT molecular complexity index is 861. The molecular weight excluding hydrogens is 410 g/mol. The van der Waals surface area contributed by atoms with E-state index in [1.165, 1.54) is 24.6 Å². The fourth-order valence-corrected chi connectivity index (χ4v) is 5.08. The molecule has 1 aromatic heterocycles. The third kappa shape index (κ3) is 5.80. The first kappa shape index (κ1) is 22.1. The average molecular weight is 444 g/mol. The van der Waals surface area contributed by atoms with E-state index in [0.29, 0.717) is 18.8 Å². The first-order valence-corrected chi connectivity index (χ1v) is 12.3. The molecule has 0 radical (unpaired) electrons. The molecule has 1 fully saturated rings.